The molecule has 1 aromatic carbocycles. The second-order valence-electron chi connectivity index (χ2n) is 6.73. The van der Waals surface area contributed by atoms with Crippen LogP contribution in [0.4, 0.5) is 11.8 Å². The van der Waals surface area contributed by atoms with E-state index in [1.165, 1.54) is 11.1 Å². The van der Waals surface area contributed by atoms with Gasteiger partial charge in [-0.3, -0.25) is 0 Å². The van der Waals surface area contributed by atoms with Crippen molar-refractivity contribution in [1.82, 2.24) is 9.97 Å². The molecule has 1 atom stereocenters. The molecule has 0 saturated carbocycles. The maximum Gasteiger partial charge on any atom is 0.224 e. The number of aliphatic hydroxyl groups excluding tert-OH is 1. The van der Waals surface area contributed by atoms with Crippen molar-refractivity contribution in [2.24, 2.45) is 0 Å². The lowest BCUT2D eigenvalue weighted by Gasteiger charge is -2.16. The number of anilines is 2. The summed E-state index contributed by atoms with van der Waals surface area (Å²) in [7, 11) is 0. The van der Waals surface area contributed by atoms with E-state index >= 15 is 0 Å². The fourth-order valence-electron chi connectivity index (χ4n) is 3.63. The van der Waals surface area contributed by atoms with Crippen LogP contribution < -0.4 is 10.6 Å². The molecule has 1 saturated heterocycles. The van der Waals surface area contributed by atoms with Crippen LogP contribution in [0.15, 0.2) is 30.3 Å². The summed E-state index contributed by atoms with van der Waals surface area (Å²) in [6.07, 6.45) is 3.02. The molecule has 2 aliphatic rings. The van der Waals surface area contributed by atoms with Gasteiger partial charge in [-0.15, -0.1) is 0 Å². The van der Waals surface area contributed by atoms with Gasteiger partial charge in [-0.2, -0.15) is 4.98 Å². The monoisotopic (exact) mass is 340 g/mol. The summed E-state index contributed by atoms with van der Waals surface area (Å²) in [5, 5.41) is 15.7. The van der Waals surface area contributed by atoms with Gasteiger partial charge in [0.2, 0.25) is 5.95 Å². The fourth-order valence-corrected chi connectivity index (χ4v) is 3.63. The first-order valence-electron chi connectivity index (χ1n) is 8.96. The predicted octanol–water partition coefficient (Wildman–Crippen LogP) is 1.96. The molecule has 6 heteroatoms. The predicted molar refractivity (Wildman–Crippen MR) is 97.0 cm³/mol. The Hall–Kier alpha value is -2.18. The second kappa shape index (κ2) is 7.37. The van der Waals surface area contributed by atoms with Crippen molar-refractivity contribution in [3.8, 4) is 0 Å². The Labute approximate surface area is 147 Å². The molecule has 1 unspecified atom stereocenters. The minimum atomic E-state index is 0.0564. The Morgan fingerprint density at radius 1 is 1.16 bits per heavy atom. The lowest BCUT2D eigenvalue weighted by molar-refractivity contribution is 0.193. The molecule has 25 heavy (non-hydrogen) atoms. The third-order valence-corrected chi connectivity index (χ3v) is 4.89. The first-order valence-corrected chi connectivity index (χ1v) is 8.96. The van der Waals surface area contributed by atoms with Crippen LogP contribution in [-0.2, 0) is 17.6 Å². The maximum absolute atomic E-state index is 9.05. The second-order valence-corrected chi connectivity index (χ2v) is 6.73. The standard InChI is InChI=1S/C19H24N4O2/c24-7-6-20-19-22-17(15-5-8-25-12-15)11-18(23-19)21-16-9-13-3-1-2-4-14(13)10-16/h1-4,11,15-16,24H,5-10,12H2,(H2,20,21,22,23). The van der Waals surface area contributed by atoms with Gasteiger partial charge in [0, 0.05) is 31.2 Å². The van der Waals surface area contributed by atoms with Crippen LogP contribution in [0.25, 0.3) is 0 Å². The highest BCUT2D eigenvalue weighted by Crippen LogP contribution is 2.28. The smallest absolute Gasteiger partial charge is 0.224 e. The van der Waals surface area contributed by atoms with Crippen LogP contribution in [0.3, 0.4) is 0 Å². The van der Waals surface area contributed by atoms with Crippen LogP contribution in [0.1, 0.15) is 29.2 Å². The molecule has 1 aliphatic carbocycles. The summed E-state index contributed by atoms with van der Waals surface area (Å²) in [5.41, 5.74) is 3.83. The summed E-state index contributed by atoms with van der Waals surface area (Å²) in [6, 6.07) is 11.0. The topological polar surface area (TPSA) is 79.3 Å². The van der Waals surface area contributed by atoms with Crippen LogP contribution in [0.5, 0.6) is 0 Å². The summed E-state index contributed by atoms with van der Waals surface area (Å²) in [4.78, 5) is 9.20. The van der Waals surface area contributed by atoms with E-state index in [0.717, 1.165) is 37.4 Å². The Kier molecular flexibility index (Phi) is 4.81. The first kappa shape index (κ1) is 16.3. The molecule has 4 rings (SSSR count). The molecular formula is C19H24N4O2. The molecule has 1 aliphatic heterocycles. The number of nitrogens with one attached hydrogen (secondary N) is 2. The molecule has 0 spiro atoms. The van der Waals surface area contributed by atoms with E-state index in [9.17, 15) is 0 Å². The summed E-state index contributed by atoms with van der Waals surface area (Å²) in [6.45, 7) is 2.00. The van der Waals surface area contributed by atoms with Gasteiger partial charge >= 0.3 is 0 Å². The molecule has 0 radical (unpaired) electrons. The SMILES string of the molecule is OCCNc1nc(NC2Cc3ccccc3C2)cc(C2CCOC2)n1. The zero-order valence-electron chi connectivity index (χ0n) is 14.2. The van der Waals surface area contributed by atoms with Gasteiger partial charge in [0.05, 0.1) is 18.9 Å². The molecule has 1 fully saturated rings. The number of aliphatic hydroxyl groups is 1. The quantitative estimate of drug-likeness (QED) is 0.746. The molecule has 132 valence electrons. The average molecular weight is 340 g/mol. The molecule has 0 amide bonds. The Balaban J connectivity index is 1.52. The molecule has 2 aromatic rings. The number of aromatic nitrogens is 2. The molecule has 3 N–H and O–H groups in total. The van der Waals surface area contributed by atoms with E-state index in [1.54, 1.807) is 0 Å². The zero-order chi connectivity index (χ0) is 17.1. The fraction of sp³-hybridized carbons (Fsp3) is 0.474. The van der Waals surface area contributed by atoms with Crippen molar-refractivity contribution in [2.45, 2.75) is 31.2 Å². The van der Waals surface area contributed by atoms with Crippen LogP contribution >= 0.6 is 0 Å². The number of nitrogens with zero attached hydrogens (tertiary/aromatic N) is 2. The van der Waals surface area contributed by atoms with Gasteiger partial charge in [0.15, 0.2) is 0 Å². The third-order valence-electron chi connectivity index (χ3n) is 4.89. The first-order chi connectivity index (χ1) is 12.3. The molecule has 2 heterocycles. The Bertz CT molecular complexity index is 706. The van der Waals surface area contributed by atoms with Crippen LogP contribution in [0, 0.1) is 0 Å². The minimum absolute atomic E-state index is 0.0564. The van der Waals surface area contributed by atoms with Crippen LogP contribution in [-0.4, -0.2) is 47.5 Å². The van der Waals surface area contributed by atoms with Gasteiger partial charge in [-0.25, -0.2) is 4.98 Å². The van der Waals surface area contributed by atoms with Gasteiger partial charge in [0.25, 0.3) is 0 Å². The number of ether oxygens (including phenoxy) is 1. The number of fused-ring (bicyclic) bond motifs is 1. The maximum atomic E-state index is 9.05. The highest BCUT2D eigenvalue weighted by molar-refractivity contribution is 5.46. The lowest BCUT2D eigenvalue weighted by Crippen LogP contribution is -2.21. The molecule has 1 aromatic heterocycles. The minimum Gasteiger partial charge on any atom is -0.395 e. The van der Waals surface area contributed by atoms with E-state index in [1.807, 2.05) is 6.07 Å². The summed E-state index contributed by atoms with van der Waals surface area (Å²) < 4.78 is 5.51. The van der Waals surface area contributed by atoms with E-state index in [0.29, 0.717) is 31.1 Å². The third kappa shape index (κ3) is 3.75. The number of benzene rings is 1. The Morgan fingerprint density at radius 3 is 2.64 bits per heavy atom. The van der Waals surface area contributed by atoms with E-state index in [2.05, 4.69) is 44.9 Å². The zero-order valence-corrected chi connectivity index (χ0v) is 14.2. The molecular weight excluding hydrogens is 316 g/mol. The summed E-state index contributed by atoms with van der Waals surface area (Å²) in [5.74, 6) is 1.73. The normalized spacial score (nSPS) is 19.8. The average Bonchev–Trinajstić information content (AvgIpc) is 3.29. The van der Waals surface area contributed by atoms with Gasteiger partial charge in [0.1, 0.15) is 5.82 Å². The van der Waals surface area contributed by atoms with Crippen LogP contribution in [0.2, 0.25) is 0 Å². The van der Waals surface area contributed by atoms with Crippen molar-refractivity contribution < 1.29 is 9.84 Å². The highest BCUT2D eigenvalue weighted by Gasteiger charge is 2.24. The van der Waals surface area contributed by atoms with Gasteiger partial charge in [-0.1, -0.05) is 24.3 Å². The van der Waals surface area contributed by atoms with Crippen molar-refractivity contribution in [2.75, 3.05) is 37.0 Å². The van der Waals surface area contributed by atoms with Crippen molar-refractivity contribution in [3.63, 3.8) is 0 Å². The lowest BCUT2D eigenvalue weighted by atomic mass is 10.0. The number of hydrogen-bond donors (Lipinski definition) is 3. The molecule has 0 bridgehead atoms. The highest BCUT2D eigenvalue weighted by atomic mass is 16.5. The van der Waals surface area contributed by atoms with Crippen molar-refractivity contribution in [3.05, 3.63) is 47.2 Å². The molecule has 6 nitrogen and oxygen atoms in total. The summed E-state index contributed by atoms with van der Waals surface area (Å²) >= 11 is 0. The number of rotatable bonds is 6. The largest absolute Gasteiger partial charge is 0.395 e. The van der Waals surface area contributed by atoms with E-state index in [-0.39, 0.29) is 6.61 Å². The van der Waals surface area contributed by atoms with E-state index < -0.39 is 0 Å². The van der Waals surface area contributed by atoms with Gasteiger partial charge < -0.3 is 20.5 Å². The van der Waals surface area contributed by atoms with Crippen molar-refractivity contribution in [1.29, 1.82) is 0 Å². The van der Waals surface area contributed by atoms with Gasteiger partial charge in [-0.05, 0) is 30.4 Å². The van der Waals surface area contributed by atoms with E-state index in [4.69, 9.17) is 9.84 Å². The number of hydrogen-bond acceptors (Lipinski definition) is 6. The Morgan fingerprint density at radius 2 is 1.96 bits per heavy atom. The van der Waals surface area contributed by atoms with Crippen molar-refractivity contribution >= 4 is 11.8 Å².